The second-order valence-corrected chi connectivity index (χ2v) is 6.26. The van der Waals surface area contributed by atoms with Gasteiger partial charge >= 0.3 is 5.69 Å². The van der Waals surface area contributed by atoms with Crippen molar-refractivity contribution in [3.63, 3.8) is 0 Å². The van der Waals surface area contributed by atoms with Crippen molar-refractivity contribution < 1.29 is 9.53 Å². The Morgan fingerprint density at radius 1 is 1.19 bits per heavy atom. The summed E-state index contributed by atoms with van der Waals surface area (Å²) in [5.41, 5.74) is 0.938. The molecule has 27 heavy (non-hydrogen) atoms. The van der Waals surface area contributed by atoms with Gasteiger partial charge in [0.1, 0.15) is 5.75 Å². The van der Waals surface area contributed by atoms with Gasteiger partial charge in [-0.25, -0.2) is 9.48 Å². The second kappa shape index (κ2) is 8.09. The summed E-state index contributed by atoms with van der Waals surface area (Å²) in [7, 11) is 3.25. The number of amides is 1. The van der Waals surface area contributed by atoms with Crippen molar-refractivity contribution in [1.29, 1.82) is 0 Å². The molecule has 0 fully saturated rings. The lowest BCUT2D eigenvalue weighted by molar-refractivity contribution is 0.0952. The maximum absolute atomic E-state index is 12.4. The van der Waals surface area contributed by atoms with Gasteiger partial charge < -0.3 is 10.1 Å². The first-order chi connectivity index (χ1) is 13.0. The normalized spacial score (nSPS) is 10.6. The third-order valence-corrected chi connectivity index (χ3v) is 4.45. The molecule has 2 aromatic carbocycles. The molecule has 7 nitrogen and oxygen atoms in total. The van der Waals surface area contributed by atoms with Crippen LogP contribution in [-0.4, -0.2) is 33.9 Å². The monoisotopic (exact) mass is 386 g/mol. The predicted octanol–water partition coefficient (Wildman–Crippen LogP) is 2.34. The lowest BCUT2D eigenvalue weighted by Crippen LogP contribution is -2.31. The zero-order valence-electron chi connectivity index (χ0n) is 15.0. The lowest BCUT2D eigenvalue weighted by atomic mass is 10.2. The highest BCUT2D eigenvalue weighted by molar-refractivity contribution is 6.33. The molecule has 3 rings (SSSR count). The van der Waals surface area contributed by atoms with Crippen LogP contribution >= 0.6 is 11.6 Å². The fourth-order valence-electron chi connectivity index (χ4n) is 2.64. The quantitative estimate of drug-likeness (QED) is 0.705. The Bertz CT molecular complexity index is 1010. The van der Waals surface area contributed by atoms with E-state index in [1.165, 1.54) is 9.25 Å². The average molecular weight is 387 g/mol. The van der Waals surface area contributed by atoms with Gasteiger partial charge in [0.25, 0.3) is 5.91 Å². The van der Waals surface area contributed by atoms with E-state index in [1.54, 1.807) is 38.4 Å². The zero-order chi connectivity index (χ0) is 19.4. The molecule has 1 amide bonds. The Balaban J connectivity index is 1.70. The molecule has 0 saturated carbocycles. The molecule has 0 aliphatic heterocycles. The molecule has 3 aromatic rings. The Labute approximate surface area is 161 Å². The Hall–Kier alpha value is -3.06. The molecule has 0 spiro atoms. The minimum Gasteiger partial charge on any atom is -0.497 e. The number of carbonyl (C=O) groups excluding carboxylic acids is 1. The second-order valence-electron chi connectivity index (χ2n) is 5.85. The van der Waals surface area contributed by atoms with Crippen LogP contribution in [0, 0.1) is 0 Å². The maximum atomic E-state index is 12.4. The summed E-state index contributed by atoms with van der Waals surface area (Å²) in [6.45, 7) is 0.502. The van der Waals surface area contributed by atoms with Gasteiger partial charge in [0.15, 0.2) is 5.82 Å². The molecule has 0 atom stereocenters. The third-order valence-electron chi connectivity index (χ3n) is 4.12. The van der Waals surface area contributed by atoms with Gasteiger partial charge in [-0.15, -0.1) is 5.10 Å². The Morgan fingerprint density at radius 2 is 1.89 bits per heavy atom. The predicted molar refractivity (Wildman–Crippen MR) is 103 cm³/mol. The molecule has 140 valence electrons. The number of rotatable bonds is 6. The van der Waals surface area contributed by atoms with E-state index in [-0.39, 0.29) is 24.7 Å². The van der Waals surface area contributed by atoms with Crippen molar-refractivity contribution in [2.45, 2.75) is 6.54 Å². The number of nitrogens with zero attached hydrogens (tertiary/aromatic N) is 3. The summed E-state index contributed by atoms with van der Waals surface area (Å²) in [5.74, 6) is 0.977. The van der Waals surface area contributed by atoms with Crippen LogP contribution < -0.4 is 15.7 Å². The van der Waals surface area contributed by atoms with Crippen molar-refractivity contribution in [3.05, 3.63) is 69.6 Å². The molecule has 8 heteroatoms. The SMILES string of the molecule is COc1ccc(-c2nn(CCNC(=O)c3ccccc3Cl)c(=O)n2C)cc1. The van der Waals surface area contributed by atoms with Gasteiger partial charge in [-0.3, -0.25) is 9.36 Å². The van der Waals surface area contributed by atoms with Crippen LogP contribution in [0.25, 0.3) is 11.4 Å². The van der Waals surface area contributed by atoms with E-state index in [2.05, 4.69) is 10.4 Å². The van der Waals surface area contributed by atoms with Crippen molar-refractivity contribution in [2.75, 3.05) is 13.7 Å². The van der Waals surface area contributed by atoms with E-state index in [0.717, 1.165) is 11.3 Å². The van der Waals surface area contributed by atoms with Crippen LogP contribution in [0.15, 0.2) is 53.3 Å². The Morgan fingerprint density at radius 3 is 2.56 bits per heavy atom. The minimum atomic E-state index is -0.292. The summed E-state index contributed by atoms with van der Waals surface area (Å²) >= 11 is 6.01. The topological polar surface area (TPSA) is 78.2 Å². The van der Waals surface area contributed by atoms with Crippen molar-refractivity contribution in [1.82, 2.24) is 19.7 Å². The van der Waals surface area contributed by atoms with Crippen LogP contribution in [0.5, 0.6) is 5.75 Å². The Kier molecular flexibility index (Phi) is 5.61. The molecular formula is C19H19ClN4O3. The first-order valence-corrected chi connectivity index (χ1v) is 8.70. The minimum absolute atomic E-state index is 0.249. The highest BCUT2D eigenvalue weighted by Crippen LogP contribution is 2.19. The van der Waals surface area contributed by atoms with Crippen molar-refractivity contribution in [3.8, 4) is 17.1 Å². The average Bonchev–Trinajstić information content (AvgIpc) is 2.97. The van der Waals surface area contributed by atoms with Gasteiger partial charge in [-0.05, 0) is 36.4 Å². The fraction of sp³-hybridized carbons (Fsp3) is 0.211. The van der Waals surface area contributed by atoms with Gasteiger partial charge in [-0.1, -0.05) is 23.7 Å². The number of nitrogens with one attached hydrogen (secondary N) is 1. The number of benzene rings is 2. The van der Waals surface area contributed by atoms with E-state index in [4.69, 9.17) is 16.3 Å². The van der Waals surface area contributed by atoms with E-state index < -0.39 is 0 Å². The number of ether oxygens (including phenoxy) is 1. The highest BCUT2D eigenvalue weighted by atomic mass is 35.5. The van der Waals surface area contributed by atoms with Gasteiger partial charge in [0.05, 0.1) is 24.2 Å². The molecule has 1 N–H and O–H groups in total. The summed E-state index contributed by atoms with van der Waals surface area (Å²) in [6.07, 6.45) is 0. The van der Waals surface area contributed by atoms with E-state index in [0.29, 0.717) is 16.4 Å². The molecule has 1 aromatic heterocycles. The van der Waals surface area contributed by atoms with Crippen LogP contribution in [0.3, 0.4) is 0 Å². The van der Waals surface area contributed by atoms with Crippen molar-refractivity contribution in [2.24, 2.45) is 7.05 Å². The van der Waals surface area contributed by atoms with Crippen LogP contribution in [0.2, 0.25) is 5.02 Å². The van der Waals surface area contributed by atoms with E-state index in [9.17, 15) is 9.59 Å². The first kappa shape index (κ1) is 18.7. The molecule has 0 bridgehead atoms. The molecule has 0 saturated heterocycles. The summed E-state index contributed by atoms with van der Waals surface area (Å²) in [6, 6.07) is 14.1. The lowest BCUT2D eigenvalue weighted by Gasteiger charge is -2.06. The van der Waals surface area contributed by atoms with Crippen LogP contribution in [-0.2, 0) is 13.6 Å². The molecule has 0 aliphatic rings. The number of methoxy groups -OCH3 is 1. The molecule has 0 unspecified atom stereocenters. The molecule has 0 radical (unpaired) electrons. The number of hydrogen-bond acceptors (Lipinski definition) is 4. The number of carbonyl (C=O) groups is 1. The smallest absolute Gasteiger partial charge is 0.345 e. The molecule has 1 heterocycles. The summed E-state index contributed by atoms with van der Waals surface area (Å²) < 4.78 is 7.94. The van der Waals surface area contributed by atoms with Gasteiger partial charge in [0.2, 0.25) is 0 Å². The number of aromatic nitrogens is 3. The standard InChI is InChI=1S/C19H19ClN4O3/c1-23-17(13-7-9-14(27-2)10-8-13)22-24(19(23)26)12-11-21-18(25)15-5-3-4-6-16(15)20/h3-10H,11-12H2,1-2H3,(H,21,25). The van der Waals surface area contributed by atoms with Gasteiger partial charge in [0, 0.05) is 19.2 Å². The number of hydrogen-bond donors (Lipinski definition) is 1. The zero-order valence-corrected chi connectivity index (χ0v) is 15.7. The fourth-order valence-corrected chi connectivity index (χ4v) is 2.86. The molecular weight excluding hydrogens is 368 g/mol. The van der Waals surface area contributed by atoms with Crippen molar-refractivity contribution >= 4 is 17.5 Å². The molecule has 0 aliphatic carbocycles. The number of halogens is 1. The first-order valence-electron chi connectivity index (χ1n) is 8.32. The van der Waals surface area contributed by atoms with E-state index >= 15 is 0 Å². The summed E-state index contributed by atoms with van der Waals surface area (Å²) in [4.78, 5) is 24.6. The van der Waals surface area contributed by atoms with Crippen LogP contribution in [0.4, 0.5) is 0 Å². The maximum Gasteiger partial charge on any atom is 0.345 e. The van der Waals surface area contributed by atoms with Crippen LogP contribution in [0.1, 0.15) is 10.4 Å². The van der Waals surface area contributed by atoms with E-state index in [1.807, 2.05) is 24.3 Å². The third kappa shape index (κ3) is 4.03. The largest absolute Gasteiger partial charge is 0.497 e. The van der Waals surface area contributed by atoms with Gasteiger partial charge in [-0.2, -0.15) is 0 Å². The summed E-state index contributed by atoms with van der Waals surface area (Å²) in [5, 5.41) is 7.50. The highest BCUT2D eigenvalue weighted by Gasteiger charge is 2.13.